The second-order valence-corrected chi connectivity index (χ2v) is 2.79. The van der Waals surface area contributed by atoms with Gasteiger partial charge in [-0.2, -0.15) is 0 Å². The van der Waals surface area contributed by atoms with E-state index in [1.54, 1.807) is 0 Å². The highest BCUT2D eigenvalue weighted by Crippen LogP contribution is 1.89. The molecule has 0 saturated heterocycles. The molecule has 0 rings (SSSR count). The van der Waals surface area contributed by atoms with E-state index in [0.717, 1.165) is 23.5 Å². The van der Waals surface area contributed by atoms with Crippen LogP contribution in [0, 0.1) is 0 Å². The minimum Gasteiger partial charge on any atom is -0.294 e. The first-order valence-electron chi connectivity index (χ1n) is 3.16. The summed E-state index contributed by atoms with van der Waals surface area (Å²) in [7, 11) is 0. The van der Waals surface area contributed by atoms with E-state index in [2.05, 4.69) is 4.99 Å². The van der Waals surface area contributed by atoms with Crippen LogP contribution in [0.4, 0.5) is 0 Å². The van der Waals surface area contributed by atoms with Crippen molar-refractivity contribution in [2.45, 2.75) is 27.2 Å². The Balaban J connectivity index is 3.62. The predicted molar refractivity (Wildman–Crippen MR) is 46.5 cm³/mol. The van der Waals surface area contributed by atoms with Gasteiger partial charge in [0, 0.05) is 18.7 Å². The third-order valence-corrected chi connectivity index (χ3v) is 1.08. The fourth-order valence-corrected chi connectivity index (χ4v) is 0.895. The average Bonchev–Trinajstić information content (AvgIpc) is 1.63. The van der Waals surface area contributed by atoms with E-state index in [-0.39, 0.29) is 0 Å². The maximum absolute atomic E-state index is 4.91. The smallest absolute Gasteiger partial charge is 0.0360 e. The molecule has 0 aromatic carbocycles. The third-order valence-electron chi connectivity index (χ3n) is 0.933. The van der Waals surface area contributed by atoms with Crippen molar-refractivity contribution in [1.82, 2.24) is 0 Å². The maximum Gasteiger partial charge on any atom is 0.0360 e. The van der Waals surface area contributed by atoms with Gasteiger partial charge in [-0.1, -0.05) is 12.2 Å². The minimum absolute atomic E-state index is 0.869. The van der Waals surface area contributed by atoms with Crippen molar-refractivity contribution in [3.05, 3.63) is 0 Å². The Morgan fingerprint density at radius 3 is 2.33 bits per heavy atom. The lowest BCUT2D eigenvalue weighted by Crippen LogP contribution is -1.97. The molecule has 0 atom stereocenters. The van der Waals surface area contributed by atoms with Crippen LogP contribution in [0.1, 0.15) is 27.2 Å². The molecule has 0 heterocycles. The molecular formula is C7H13NS. The molecule has 0 aliphatic heterocycles. The van der Waals surface area contributed by atoms with Crippen LogP contribution in [-0.4, -0.2) is 17.1 Å². The number of rotatable bonds is 3. The van der Waals surface area contributed by atoms with E-state index in [1.165, 1.54) is 0 Å². The Bertz CT molecular complexity index is 127. The van der Waals surface area contributed by atoms with E-state index in [4.69, 9.17) is 12.2 Å². The highest BCUT2D eigenvalue weighted by atomic mass is 32.1. The molecule has 9 heavy (non-hydrogen) atoms. The number of hydrogen-bond donors (Lipinski definition) is 0. The van der Waals surface area contributed by atoms with Crippen LogP contribution >= 0.6 is 12.2 Å². The molecule has 52 valence electrons. The Kier molecular flexibility index (Phi) is 4.50. The van der Waals surface area contributed by atoms with Crippen LogP contribution in [0.15, 0.2) is 4.99 Å². The lowest BCUT2D eigenvalue weighted by Gasteiger charge is -1.94. The molecule has 0 amide bonds. The second-order valence-electron chi connectivity index (χ2n) is 2.09. The molecule has 1 nitrogen and oxygen atoms in total. The first-order chi connectivity index (χ1) is 4.16. The summed E-state index contributed by atoms with van der Waals surface area (Å²) in [4.78, 5) is 5.21. The van der Waals surface area contributed by atoms with Gasteiger partial charge in [-0.25, -0.2) is 0 Å². The van der Waals surface area contributed by atoms with Crippen molar-refractivity contribution in [2.24, 2.45) is 4.99 Å². The molecule has 0 aromatic rings. The highest BCUT2D eigenvalue weighted by molar-refractivity contribution is 7.80. The van der Waals surface area contributed by atoms with Crippen molar-refractivity contribution < 1.29 is 0 Å². The van der Waals surface area contributed by atoms with E-state index >= 15 is 0 Å². The summed E-state index contributed by atoms with van der Waals surface area (Å²) in [5.41, 5.74) is 1.14. The topological polar surface area (TPSA) is 12.4 Å². The van der Waals surface area contributed by atoms with Crippen LogP contribution in [0.5, 0.6) is 0 Å². The Labute approximate surface area is 62.2 Å². The molecule has 0 saturated carbocycles. The lowest BCUT2D eigenvalue weighted by molar-refractivity contribution is 1.12. The van der Waals surface area contributed by atoms with Crippen LogP contribution in [-0.2, 0) is 0 Å². The summed E-state index contributed by atoms with van der Waals surface area (Å²) in [5.74, 6) is 0. The molecule has 0 aliphatic carbocycles. The molecule has 0 N–H and O–H groups in total. The maximum atomic E-state index is 4.91. The standard InChI is InChI=1S/C7H13NS/c1-4-8-6(2)5-7(3)9/h4-5H2,1-3H3. The zero-order valence-corrected chi connectivity index (χ0v) is 7.09. The van der Waals surface area contributed by atoms with Gasteiger partial charge < -0.3 is 0 Å². The number of nitrogens with zero attached hydrogens (tertiary/aromatic N) is 1. The molecule has 0 aliphatic rings. The predicted octanol–water partition coefficient (Wildman–Crippen LogP) is 2.25. The van der Waals surface area contributed by atoms with Crippen LogP contribution in [0.2, 0.25) is 0 Å². The van der Waals surface area contributed by atoms with Crippen LogP contribution < -0.4 is 0 Å². The van der Waals surface area contributed by atoms with E-state index < -0.39 is 0 Å². The van der Waals surface area contributed by atoms with E-state index in [9.17, 15) is 0 Å². The Morgan fingerprint density at radius 2 is 2.00 bits per heavy atom. The van der Waals surface area contributed by atoms with E-state index in [0.29, 0.717) is 0 Å². The molecule has 0 unspecified atom stereocenters. The summed E-state index contributed by atoms with van der Waals surface area (Å²) >= 11 is 4.91. The van der Waals surface area contributed by atoms with E-state index in [1.807, 2.05) is 20.8 Å². The van der Waals surface area contributed by atoms with Crippen molar-refractivity contribution in [3.8, 4) is 0 Å². The van der Waals surface area contributed by atoms with Crippen LogP contribution in [0.3, 0.4) is 0 Å². The number of hydrogen-bond acceptors (Lipinski definition) is 2. The fraction of sp³-hybridized carbons (Fsp3) is 0.714. The summed E-state index contributed by atoms with van der Waals surface area (Å²) < 4.78 is 0. The number of thiocarbonyl (C=S) groups is 1. The van der Waals surface area contributed by atoms with Gasteiger partial charge in [-0.3, -0.25) is 4.99 Å². The monoisotopic (exact) mass is 143 g/mol. The second kappa shape index (κ2) is 4.62. The van der Waals surface area contributed by atoms with Gasteiger partial charge in [-0.15, -0.1) is 0 Å². The van der Waals surface area contributed by atoms with Gasteiger partial charge in [0.2, 0.25) is 0 Å². The largest absolute Gasteiger partial charge is 0.294 e. The van der Waals surface area contributed by atoms with Crippen molar-refractivity contribution >= 4 is 22.8 Å². The van der Waals surface area contributed by atoms with Crippen LogP contribution in [0.25, 0.3) is 0 Å². The molecule has 0 bridgehead atoms. The van der Waals surface area contributed by atoms with Crippen molar-refractivity contribution in [1.29, 1.82) is 0 Å². The summed E-state index contributed by atoms with van der Waals surface area (Å²) in [6, 6.07) is 0. The lowest BCUT2D eigenvalue weighted by atomic mass is 10.2. The summed E-state index contributed by atoms with van der Waals surface area (Å²) in [6.45, 7) is 6.86. The Morgan fingerprint density at radius 1 is 1.44 bits per heavy atom. The highest BCUT2D eigenvalue weighted by Gasteiger charge is 1.90. The van der Waals surface area contributed by atoms with Gasteiger partial charge >= 0.3 is 0 Å². The summed E-state index contributed by atoms with van der Waals surface area (Å²) in [5, 5.41) is 0. The molecule has 2 heteroatoms. The zero-order valence-electron chi connectivity index (χ0n) is 6.27. The average molecular weight is 143 g/mol. The SMILES string of the molecule is CCN=C(C)CC(C)=S. The van der Waals surface area contributed by atoms with Gasteiger partial charge in [0.25, 0.3) is 0 Å². The normalized spacial score (nSPS) is 11.7. The van der Waals surface area contributed by atoms with Gasteiger partial charge in [0.1, 0.15) is 0 Å². The number of aliphatic imine (C=N–C) groups is 1. The molecule has 0 fully saturated rings. The van der Waals surface area contributed by atoms with Gasteiger partial charge in [0.15, 0.2) is 0 Å². The first kappa shape index (κ1) is 8.76. The molecule has 0 aromatic heterocycles. The zero-order chi connectivity index (χ0) is 7.28. The van der Waals surface area contributed by atoms with Crippen molar-refractivity contribution in [3.63, 3.8) is 0 Å². The third kappa shape index (κ3) is 5.63. The quantitative estimate of drug-likeness (QED) is 0.436. The Hall–Kier alpha value is -0.240. The van der Waals surface area contributed by atoms with Crippen molar-refractivity contribution in [2.75, 3.05) is 6.54 Å². The van der Waals surface area contributed by atoms with Gasteiger partial charge in [0.05, 0.1) is 0 Å². The molecule has 0 spiro atoms. The molecule has 0 radical (unpaired) electrons. The van der Waals surface area contributed by atoms with Gasteiger partial charge in [-0.05, 0) is 25.6 Å². The summed E-state index contributed by atoms with van der Waals surface area (Å²) in [6.07, 6.45) is 0.878. The molecular weight excluding hydrogens is 130 g/mol. The fourth-order valence-electron chi connectivity index (χ4n) is 0.686. The first-order valence-corrected chi connectivity index (χ1v) is 3.57. The minimum atomic E-state index is 0.869.